The largest absolute Gasteiger partial charge is 0.324 e. The van der Waals surface area contributed by atoms with Gasteiger partial charge in [0.15, 0.2) is 0 Å². The van der Waals surface area contributed by atoms with E-state index < -0.39 is 0 Å². The zero-order chi connectivity index (χ0) is 20.7. The van der Waals surface area contributed by atoms with Gasteiger partial charge in [0.2, 0.25) is 11.8 Å². The number of nitrogens with one attached hydrogen (secondary N) is 2. The minimum Gasteiger partial charge on any atom is -0.324 e. The Hall–Kier alpha value is -2.03. The fourth-order valence-electron chi connectivity index (χ4n) is 1.53. The topological polar surface area (TPSA) is 84.0 Å². The molecule has 0 atom stereocenters. The van der Waals surface area contributed by atoms with Gasteiger partial charge >= 0.3 is 0 Å². The predicted molar refractivity (Wildman–Crippen MR) is 117 cm³/mol. The Kier molecular flexibility index (Phi) is 8.33. The molecule has 2 amide bonds. The third-order valence-corrected chi connectivity index (χ3v) is 4.24. The van der Waals surface area contributed by atoms with Crippen LogP contribution in [0.5, 0.6) is 0 Å². The smallest absolute Gasteiger partial charge is 0.229 e. The van der Waals surface area contributed by atoms with E-state index in [0.29, 0.717) is 0 Å². The molecule has 0 aliphatic carbocycles. The van der Waals surface area contributed by atoms with Gasteiger partial charge in [-0.25, -0.2) is 0 Å². The molecule has 2 rings (SSSR count). The molecular formula is C20H27IN4O2. The summed E-state index contributed by atoms with van der Waals surface area (Å²) in [5.74, 6) is 0.00363. The Morgan fingerprint density at radius 2 is 1.41 bits per heavy atom. The molecule has 0 aliphatic heterocycles. The fourth-order valence-corrected chi connectivity index (χ4v) is 1.97. The van der Waals surface area contributed by atoms with E-state index in [-0.39, 0.29) is 22.6 Å². The van der Waals surface area contributed by atoms with Gasteiger partial charge in [-0.05, 0) is 40.8 Å². The maximum absolute atomic E-state index is 11.6. The summed E-state index contributed by atoms with van der Waals surface area (Å²) in [7, 11) is 0. The van der Waals surface area contributed by atoms with Crippen molar-refractivity contribution in [3.63, 3.8) is 0 Å². The molecule has 0 bridgehead atoms. The SMILES string of the molecule is CC(C)(C)C(=O)Nc1cccnc1.CC(C)(C)C(=O)Nc1cnccc1I. The van der Waals surface area contributed by atoms with Crippen molar-refractivity contribution in [3.05, 3.63) is 46.6 Å². The van der Waals surface area contributed by atoms with Crippen LogP contribution >= 0.6 is 22.6 Å². The molecule has 0 saturated heterocycles. The second-order valence-corrected chi connectivity index (χ2v) is 9.17. The highest BCUT2D eigenvalue weighted by molar-refractivity contribution is 14.1. The Balaban J connectivity index is 0.000000271. The lowest BCUT2D eigenvalue weighted by Crippen LogP contribution is -2.28. The monoisotopic (exact) mass is 482 g/mol. The average molecular weight is 482 g/mol. The van der Waals surface area contributed by atoms with Crippen molar-refractivity contribution in [2.75, 3.05) is 10.6 Å². The number of aromatic nitrogens is 2. The molecule has 0 saturated carbocycles. The van der Waals surface area contributed by atoms with Crippen LogP contribution in [-0.4, -0.2) is 21.8 Å². The summed E-state index contributed by atoms with van der Waals surface area (Å²) < 4.78 is 0.996. The van der Waals surface area contributed by atoms with Crippen molar-refractivity contribution >= 4 is 45.8 Å². The van der Waals surface area contributed by atoms with Crippen molar-refractivity contribution in [1.82, 2.24) is 9.97 Å². The molecule has 0 radical (unpaired) electrons. The Morgan fingerprint density at radius 3 is 1.89 bits per heavy atom. The molecular weight excluding hydrogens is 455 g/mol. The molecule has 27 heavy (non-hydrogen) atoms. The fraction of sp³-hybridized carbons (Fsp3) is 0.400. The molecule has 2 N–H and O–H groups in total. The highest BCUT2D eigenvalue weighted by Crippen LogP contribution is 2.20. The highest BCUT2D eigenvalue weighted by Gasteiger charge is 2.22. The van der Waals surface area contributed by atoms with E-state index in [0.717, 1.165) is 14.9 Å². The number of pyridine rings is 2. The third-order valence-electron chi connectivity index (χ3n) is 3.30. The summed E-state index contributed by atoms with van der Waals surface area (Å²) in [6, 6.07) is 5.47. The summed E-state index contributed by atoms with van der Waals surface area (Å²) >= 11 is 2.17. The lowest BCUT2D eigenvalue weighted by molar-refractivity contribution is -0.123. The molecule has 2 aromatic rings. The summed E-state index contributed by atoms with van der Waals surface area (Å²) in [6.45, 7) is 11.3. The Bertz CT molecular complexity index is 766. The van der Waals surface area contributed by atoms with E-state index in [9.17, 15) is 9.59 Å². The second-order valence-electron chi connectivity index (χ2n) is 8.01. The van der Waals surface area contributed by atoms with E-state index in [1.165, 1.54) is 0 Å². The lowest BCUT2D eigenvalue weighted by Gasteiger charge is -2.17. The average Bonchev–Trinajstić information content (AvgIpc) is 2.57. The van der Waals surface area contributed by atoms with Crippen molar-refractivity contribution in [2.24, 2.45) is 10.8 Å². The number of anilines is 2. The number of carbonyl (C=O) groups is 2. The maximum atomic E-state index is 11.6. The molecule has 2 aromatic heterocycles. The van der Waals surface area contributed by atoms with Crippen molar-refractivity contribution in [2.45, 2.75) is 41.5 Å². The third kappa shape index (κ3) is 8.47. The molecule has 0 aromatic carbocycles. The van der Waals surface area contributed by atoms with Gasteiger partial charge in [0.25, 0.3) is 0 Å². The van der Waals surface area contributed by atoms with E-state index >= 15 is 0 Å². The minimum atomic E-state index is -0.376. The van der Waals surface area contributed by atoms with Crippen molar-refractivity contribution < 1.29 is 9.59 Å². The number of nitrogens with zero attached hydrogens (tertiary/aromatic N) is 2. The number of hydrogen-bond acceptors (Lipinski definition) is 4. The Labute approximate surface area is 174 Å². The van der Waals surface area contributed by atoms with Gasteiger partial charge in [-0.15, -0.1) is 0 Å². The summed E-state index contributed by atoms with van der Waals surface area (Å²) in [5, 5.41) is 5.62. The molecule has 7 heteroatoms. The quantitative estimate of drug-likeness (QED) is 0.606. The van der Waals surface area contributed by atoms with E-state index in [1.54, 1.807) is 30.9 Å². The van der Waals surface area contributed by atoms with Crippen LogP contribution in [0.2, 0.25) is 0 Å². The van der Waals surface area contributed by atoms with Crippen molar-refractivity contribution in [1.29, 1.82) is 0 Å². The zero-order valence-electron chi connectivity index (χ0n) is 16.6. The van der Waals surface area contributed by atoms with E-state index in [2.05, 4.69) is 43.2 Å². The molecule has 0 fully saturated rings. The van der Waals surface area contributed by atoms with E-state index in [4.69, 9.17) is 0 Å². The zero-order valence-corrected chi connectivity index (χ0v) is 18.8. The van der Waals surface area contributed by atoms with Crippen LogP contribution in [0.4, 0.5) is 11.4 Å². The van der Waals surface area contributed by atoms with Gasteiger partial charge in [-0.2, -0.15) is 0 Å². The second kappa shape index (κ2) is 9.77. The molecule has 2 heterocycles. The first kappa shape index (κ1) is 23.0. The normalized spacial score (nSPS) is 11.1. The minimum absolute atomic E-state index is 0.000463. The van der Waals surface area contributed by atoms with Crippen LogP contribution in [-0.2, 0) is 9.59 Å². The van der Waals surface area contributed by atoms with Gasteiger partial charge in [-0.3, -0.25) is 19.6 Å². The number of carbonyl (C=O) groups excluding carboxylic acids is 2. The highest BCUT2D eigenvalue weighted by atomic mass is 127. The van der Waals surface area contributed by atoms with Gasteiger partial charge in [0.1, 0.15) is 0 Å². The van der Waals surface area contributed by atoms with E-state index in [1.807, 2.05) is 53.7 Å². The lowest BCUT2D eigenvalue weighted by atomic mass is 9.95. The first-order valence-corrected chi connectivity index (χ1v) is 9.61. The van der Waals surface area contributed by atoms with Crippen LogP contribution in [0.25, 0.3) is 0 Å². The molecule has 0 spiro atoms. The van der Waals surface area contributed by atoms with Crippen LogP contribution in [0, 0.1) is 14.4 Å². The number of halogens is 1. The van der Waals surface area contributed by atoms with Crippen LogP contribution < -0.4 is 10.6 Å². The van der Waals surface area contributed by atoms with Gasteiger partial charge < -0.3 is 10.6 Å². The number of amides is 2. The summed E-state index contributed by atoms with van der Waals surface area (Å²) in [4.78, 5) is 31.0. The summed E-state index contributed by atoms with van der Waals surface area (Å²) in [6.07, 6.45) is 6.66. The first-order valence-electron chi connectivity index (χ1n) is 8.53. The number of rotatable bonds is 2. The summed E-state index contributed by atoms with van der Waals surface area (Å²) in [5.41, 5.74) is 0.768. The standard InChI is InChI=1S/C10H13IN2O.C10H14N2O/c1-10(2,3)9(14)13-8-6-12-5-4-7(8)11;1-10(2,3)9(13)12-8-5-4-6-11-7-8/h4-6H,1-3H3,(H,13,14);4-7H,1-3H3,(H,12,13). The Morgan fingerprint density at radius 1 is 0.852 bits per heavy atom. The first-order chi connectivity index (χ1) is 12.4. The van der Waals surface area contributed by atoms with Crippen LogP contribution in [0.15, 0.2) is 43.0 Å². The molecule has 0 aliphatic rings. The van der Waals surface area contributed by atoms with Crippen LogP contribution in [0.1, 0.15) is 41.5 Å². The van der Waals surface area contributed by atoms with Crippen molar-refractivity contribution in [3.8, 4) is 0 Å². The molecule has 146 valence electrons. The predicted octanol–water partition coefficient (Wildman–Crippen LogP) is 4.74. The maximum Gasteiger partial charge on any atom is 0.229 e. The van der Waals surface area contributed by atoms with Gasteiger partial charge in [0.05, 0.1) is 23.8 Å². The molecule has 6 nitrogen and oxygen atoms in total. The van der Waals surface area contributed by atoms with Gasteiger partial charge in [0, 0.05) is 26.8 Å². The molecule has 0 unspecified atom stereocenters. The van der Waals surface area contributed by atoms with Gasteiger partial charge in [-0.1, -0.05) is 41.5 Å². The van der Waals surface area contributed by atoms with Crippen LogP contribution in [0.3, 0.4) is 0 Å². The number of hydrogen-bond donors (Lipinski definition) is 2.